The molecule has 0 heterocycles. The first-order valence-electron chi connectivity index (χ1n) is 5.34. The first kappa shape index (κ1) is 13.0. The zero-order valence-electron chi connectivity index (χ0n) is 9.70. The Labute approximate surface area is 113 Å². The third-order valence-electron chi connectivity index (χ3n) is 2.43. The fraction of sp³-hybridized carbons (Fsp3) is 0. The maximum absolute atomic E-state index is 10.7. The summed E-state index contributed by atoms with van der Waals surface area (Å²) < 4.78 is 0. The number of phenolic OH excluding ortho intramolecular Hbond substituents is 1. The average Bonchev–Trinajstić information content (AvgIpc) is 2.39. The van der Waals surface area contributed by atoms with Gasteiger partial charge in [0.25, 0.3) is 0 Å². The molecule has 2 aromatic carbocycles. The summed E-state index contributed by atoms with van der Waals surface area (Å²) in [5.41, 5.74) is 0.456. The van der Waals surface area contributed by atoms with Crippen molar-refractivity contribution in [2.75, 3.05) is 0 Å². The van der Waals surface area contributed by atoms with Crippen molar-refractivity contribution in [3.8, 4) is 11.8 Å². The molecule has 0 aromatic heterocycles. The standard InChI is InChI=1S/C14H9NO3S/c15-8-10-3-6-12(7-13(10)16)19-11-4-1-9(2-5-11)14(17)18/h1-7,16H,(H,17,18). The van der Waals surface area contributed by atoms with Gasteiger partial charge >= 0.3 is 5.97 Å². The number of carbonyl (C=O) groups is 1. The molecule has 0 atom stereocenters. The van der Waals surface area contributed by atoms with E-state index >= 15 is 0 Å². The highest BCUT2D eigenvalue weighted by Gasteiger charge is 2.05. The molecule has 0 aliphatic carbocycles. The van der Waals surface area contributed by atoms with Crippen molar-refractivity contribution in [1.82, 2.24) is 0 Å². The Morgan fingerprint density at radius 2 is 1.74 bits per heavy atom. The van der Waals surface area contributed by atoms with Gasteiger partial charge < -0.3 is 10.2 Å². The zero-order chi connectivity index (χ0) is 13.8. The Kier molecular flexibility index (Phi) is 3.74. The predicted molar refractivity (Wildman–Crippen MR) is 70.3 cm³/mol. The Hall–Kier alpha value is -2.45. The fourth-order valence-corrected chi connectivity index (χ4v) is 2.32. The molecule has 0 aliphatic rings. The number of carboxylic acid groups (broad SMARTS) is 1. The van der Waals surface area contributed by atoms with Gasteiger partial charge in [0.15, 0.2) is 0 Å². The molecule has 0 unspecified atom stereocenters. The molecule has 0 saturated heterocycles. The van der Waals surface area contributed by atoms with E-state index in [2.05, 4.69) is 0 Å². The predicted octanol–water partition coefficient (Wildman–Crippen LogP) is 3.11. The summed E-state index contributed by atoms with van der Waals surface area (Å²) in [5.74, 6) is -1.03. The number of benzene rings is 2. The summed E-state index contributed by atoms with van der Waals surface area (Å²) in [6, 6.07) is 13.1. The number of nitrogens with zero attached hydrogens (tertiary/aromatic N) is 1. The maximum atomic E-state index is 10.7. The van der Waals surface area contributed by atoms with E-state index in [1.165, 1.54) is 30.0 Å². The second-order valence-corrected chi connectivity index (χ2v) is 4.87. The van der Waals surface area contributed by atoms with E-state index in [1.807, 2.05) is 6.07 Å². The maximum Gasteiger partial charge on any atom is 0.335 e. The topological polar surface area (TPSA) is 81.3 Å². The molecule has 2 aromatic rings. The summed E-state index contributed by atoms with van der Waals surface area (Å²) in [6.45, 7) is 0. The van der Waals surface area contributed by atoms with Crippen molar-refractivity contribution >= 4 is 17.7 Å². The summed E-state index contributed by atoms with van der Waals surface area (Å²) in [5, 5.41) is 27.1. The van der Waals surface area contributed by atoms with Crippen LogP contribution in [0.1, 0.15) is 15.9 Å². The van der Waals surface area contributed by atoms with Crippen LogP contribution in [0.4, 0.5) is 0 Å². The fourth-order valence-electron chi connectivity index (χ4n) is 1.47. The van der Waals surface area contributed by atoms with Crippen LogP contribution in [0.15, 0.2) is 52.3 Å². The molecule has 2 rings (SSSR count). The van der Waals surface area contributed by atoms with Crippen molar-refractivity contribution in [3.63, 3.8) is 0 Å². The lowest BCUT2D eigenvalue weighted by molar-refractivity contribution is 0.0697. The van der Waals surface area contributed by atoms with Gasteiger partial charge in [0.2, 0.25) is 0 Å². The number of rotatable bonds is 3. The van der Waals surface area contributed by atoms with Crippen molar-refractivity contribution in [1.29, 1.82) is 5.26 Å². The van der Waals surface area contributed by atoms with Crippen LogP contribution < -0.4 is 0 Å². The third kappa shape index (κ3) is 3.06. The van der Waals surface area contributed by atoms with Gasteiger partial charge in [-0.25, -0.2) is 4.79 Å². The minimum atomic E-state index is -0.965. The summed E-state index contributed by atoms with van der Waals surface area (Å²) in [7, 11) is 0. The van der Waals surface area contributed by atoms with Gasteiger partial charge in [-0.1, -0.05) is 11.8 Å². The average molecular weight is 271 g/mol. The second-order valence-electron chi connectivity index (χ2n) is 3.72. The molecule has 5 heteroatoms. The number of carboxylic acids is 1. The van der Waals surface area contributed by atoms with Crippen molar-refractivity contribution in [3.05, 3.63) is 53.6 Å². The molecule has 94 valence electrons. The van der Waals surface area contributed by atoms with Crippen LogP contribution >= 0.6 is 11.8 Å². The molecule has 0 saturated carbocycles. The Balaban J connectivity index is 2.19. The molecule has 19 heavy (non-hydrogen) atoms. The van der Waals surface area contributed by atoms with Crippen LogP contribution in [0.5, 0.6) is 5.75 Å². The molecule has 4 nitrogen and oxygen atoms in total. The van der Waals surface area contributed by atoms with Crippen LogP contribution in [0.3, 0.4) is 0 Å². The first-order valence-corrected chi connectivity index (χ1v) is 6.16. The minimum Gasteiger partial charge on any atom is -0.507 e. The minimum absolute atomic E-state index is 0.0605. The van der Waals surface area contributed by atoms with E-state index in [9.17, 15) is 9.90 Å². The summed E-state index contributed by atoms with van der Waals surface area (Å²) in [4.78, 5) is 12.3. The molecule has 0 amide bonds. The highest BCUT2D eigenvalue weighted by molar-refractivity contribution is 7.99. The molecule has 0 bridgehead atoms. The molecule has 2 N–H and O–H groups in total. The van der Waals surface area contributed by atoms with Gasteiger partial charge in [0, 0.05) is 9.79 Å². The van der Waals surface area contributed by atoms with E-state index < -0.39 is 5.97 Å². The van der Waals surface area contributed by atoms with Gasteiger partial charge in [-0.15, -0.1) is 0 Å². The van der Waals surface area contributed by atoms with Gasteiger partial charge in [0.1, 0.15) is 11.8 Å². The molecule has 0 spiro atoms. The summed E-state index contributed by atoms with van der Waals surface area (Å²) >= 11 is 1.38. The third-order valence-corrected chi connectivity index (χ3v) is 3.42. The second kappa shape index (κ2) is 5.46. The van der Waals surface area contributed by atoms with Crippen LogP contribution in [0, 0.1) is 11.3 Å². The highest BCUT2D eigenvalue weighted by Crippen LogP contribution is 2.31. The molecule has 0 radical (unpaired) electrons. The van der Waals surface area contributed by atoms with Crippen LogP contribution in [-0.4, -0.2) is 16.2 Å². The SMILES string of the molecule is N#Cc1ccc(Sc2ccc(C(=O)O)cc2)cc1O. The van der Waals surface area contributed by atoms with Crippen LogP contribution in [-0.2, 0) is 0 Å². The molecular formula is C14H9NO3S. The normalized spacial score (nSPS) is 9.84. The lowest BCUT2D eigenvalue weighted by Gasteiger charge is -2.03. The van der Waals surface area contributed by atoms with E-state index in [1.54, 1.807) is 24.3 Å². The Morgan fingerprint density at radius 1 is 1.11 bits per heavy atom. The number of aromatic carboxylic acids is 1. The van der Waals surface area contributed by atoms with E-state index in [-0.39, 0.29) is 16.9 Å². The molecule has 0 fully saturated rings. The number of nitriles is 1. The van der Waals surface area contributed by atoms with E-state index in [0.29, 0.717) is 0 Å². The molecule has 0 aliphatic heterocycles. The number of phenols is 1. The Bertz CT molecular complexity index is 659. The number of hydrogen-bond donors (Lipinski definition) is 2. The van der Waals surface area contributed by atoms with E-state index in [0.717, 1.165) is 9.79 Å². The van der Waals surface area contributed by atoms with Crippen molar-refractivity contribution in [2.45, 2.75) is 9.79 Å². The van der Waals surface area contributed by atoms with Crippen LogP contribution in [0.25, 0.3) is 0 Å². The largest absolute Gasteiger partial charge is 0.507 e. The lowest BCUT2D eigenvalue weighted by atomic mass is 10.2. The van der Waals surface area contributed by atoms with E-state index in [4.69, 9.17) is 10.4 Å². The number of hydrogen-bond acceptors (Lipinski definition) is 4. The molecular weight excluding hydrogens is 262 g/mol. The zero-order valence-corrected chi connectivity index (χ0v) is 10.5. The van der Waals surface area contributed by atoms with Crippen molar-refractivity contribution in [2.24, 2.45) is 0 Å². The van der Waals surface area contributed by atoms with Gasteiger partial charge in [0.05, 0.1) is 11.1 Å². The highest BCUT2D eigenvalue weighted by atomic mass is 32.2. The smallest absolute Gasteiger partial charge is 0.335 e. The van der Waals surface area contributed by atoms with Gasteiger partial charge in [-0.3, -0.25) is 0 Å². The van der Waals surface area contributed by atoms with Gasteiger partial charge in [-0.2, -0.15) is 5.26 Å². The monoisotopic (exact) mass is 271 g/mol. The first-order chi connectivity index (χ1) is 9.10. The van der Waals surface area contributed by atoms with Crippen LogP contribution in [0.2, 0.25) is 0 Å². The quantitative estimate of drug-likeness (QED) is 0.896. The van der Waals surface area contributed by atoms with Gasteiger partial charge in [-0.05, 0) is 42.5 Å². The number of aromatic hydroxyl groups is 1. The summed E-state index contributed by atoms with van der Waals surface area (Å²) in [6.07, 6.45) is 0. The van der Waals surface area contributed by atoms with Crippen molar-refractivity contribution < 1.29 is 15.0 Å². The Morgan fingerprint density at radius 3 is 2.26 bits per heavy atom. The lowest BCUT2D eigenvalue weighted by Crippen LogP contribution is -1.94.